The van der Waals surface area contributed by atoms with Gasteiger partial charge in [0.2, 0.25) is 0 Å². The fourth-order valence-electron chi connectivity index (χ4n) is 3.51. The van der Waals surface area contributed by atoms with Gasteiger partial charge in [-0.05, 0) is 36.1 Å². The summed E-state index contributed by atoms with van der Waals surface area (Å²) in [5.41, 5.74) is 3.82. The van der Waals surface area contributed by atoms with Gasteiger partial charge in [-0.25, -0.2) is 0 Å². The molecule has 1 aliphatic rings. The highest BCUT2D eigenvalue weighted by atomic mass is 16.7. The Balaban J connectivity index is 1.44. The van der Waals surface area contributed by atoms with E-state index in [1.165, 1.54) is 29.7 Å². The second-order valence-corrected chi connectivity index (χ2v) is 6.98. The van der Waals surface area contributed by atoms with Crippen molar-refractivity contribution in [1.82, 2.24) is 4.90 Å². The molecule has 0 aliphatic carbocycles. The van der Waals surface area contributed by atoms with Crippen molar-refractivity contribution >= 4 is 5.69 Å². The first-order chi connectivity index (χ1) is 12.8. The molecule has 0 radical (unpaired) electrons. The zero-order valence-electron chi connectivity index (χ0n) is 15.9. The van der Waals surface area contributed by atoms with Gasteiger partial charge < -0.3 is 14.8 Å². The van der Waals surface area contributed by atoms with Crippen molar-refractivity contribution in [2.45, 2.75) is 38.1 Å². The van der Waals surface area contributed by atoms with E-state index in [4.69, 9.17) is 9.47 Å². The number of hydrogen-bond donors (Lipinski definition) is 1. The third kappa shape index (κ3) is 5.56. The van der Waals surface area contributed by atoms with Crippen molar-refractivity contribution in [2.24, 2.45) is 0 Å². The summed E-state index contributed by atoms with van der Waals surface area (Å²) in [6.07, 6.45) is 2.96. The first-order valence-corrected chi connectivity index (χ1v) is 9.44. The van der Waals surface area contributed by atoms with Crippen LogP contribution in [0.25, 0.3) is 0 Å². The molecule has 26 heavy (non-hydrogen) atoms. The molecule has 0 unspecified atom stereocenters. The molecule has 3 rings (SSSR count). The summed E-state index contributed by atoms with van der Waals surface area (Å²) in [7, 11) is 3.35. The van der Waals surface area contributed by atoms with Gasteiger partial charge in [-0.3, -0.25) is 4.90 Å². The third-order valence-corrected chi connectivity index (χ3v) is 5.09. The molecular formula is C22H30N2O2. The summed E-state index contributed by atoms with van der Waals surface area (Å²) in [6, 6.07) is 19.9. The van der Waals surface area contributed by atoms with E-state index in [2.05, 4.69) is 64.8 Å². The molecule has 0 bridgehead atoms. The summed E-state index contributed by atoms with van der Waals surface area (Å²) < 4.78 is 10.5. The first-order valence-electron chi connectivity index (χ1n) is 9.44. The Labute approximate surface area is 157 Å². The maximum absolute atomic E-state index is 5.27. The Morgan fingerprint density at radius 3 is 2.19 bits per heavy atom. The van der Waals surface area contributed by atoms with Gasteiger partial charge in [0.05, 0.1) is 0 Å². The van der Waals surface area contributed by atoms with E-state index < -0.39 is 0 Å². The van der Waals surface area contributed by atoms with Gasteiger partial charge in [-0.1, -0.05) is 42.5 Å². The fraction of sp³-hybridized carbons (Fsp3) is 0.455. The highest BCUT2D eigenvalue weighted by Crippen LogP contribution is 2.19. The maximum Gasteiger partial charge on any atom is 0.160 e. The Hall–Kier alpha value is -1.88. The van der Waals surface area contributed by atoms with Gasteiger partial charge in [0.25, 0.3) is 0 Å². The van der Waals surface area contributed by atoms with Crippen molar-refractivity contribution in [3.63, 3.8) is 0 Å². The fourth-order valence-corrected chi connectivity index (χ4v) is 3.51. The number of methoxy groups -OCH3 is 2. The molecule has 4 heteroatoms. The quantitative estimate of drug-likeness (QED) is 0.729. The zero-order valence-corrected chi connectivity index (χ0v) is 15.9. The van der Waals surface area contributed by atoms with Crippen LogP contribution in [0.5, 0.6) is 0 Å². The SMILES string of the molecule is COC(Cc1ccc(NC2CCN(Cc3ccccc3)CC2)cc1)OC. The summed E-state index contributed by atoms with van der Waals surface area (Å²) in [4.78, 5) is 2.55. The molecule has 0 atom stereocenters. The average molecular weight is 354 g/mol. The second-order valence-electron chi connectivity index (χ2n) is 6.98. The van der Waals surface area contributed by atoms with E-state index in [1.807, 2.05) is 0 Å². The van der Waals surface area contributed by atoms with Crippen LogP contribution >= 0.6 is 0 Å². The molecule has 0 saturated carbocycles. The molecule has 1 aliphatic heterocycles. The maximum atomic E-state index is 5.27. The Bertz CT molecular complexity index is 633. The van der Waals surface area contributed by atoms with E-state index in [9.17, 15) is 0 Å². The lowest BCUT2D eigenvalue weighted by atomic mass is 10.0. The second kappa shape index (κ2) is 9.72. The molecule has 2 aromatic rings. The monoisotopic (exact) mass is 354 g/mol. The van der Waals surface area contributed by atoms with Crippen LogP contribution in [0.1, 0.15) is 24.0 Å². The Morgan fingerprint density at radius 2 is 1.58 bits per heavy atom. The molecule has 2 aromatic carbocycles. The highest BCUT2D eigenvalue weighted by molar-refractivity contribution is 5.45. The summed E-state index contributed by atoms with van der Waals surface area (Å²) in [6.45, 7) is 3.35. The molecule has 1 N–H and O–H groups in total. The highest BCUT2D eigenvalue weighted by Gasteiger charge is 2.19. The standard InChI is InChI=1S/C22H30N2O2/c1-25-22(26-2)16-18-8-10-20(11-9-18)23-21-12-14-24(15-13-21)17-19-6-4-3-5-7-19/h3-11,21-23H,12-17H2,1-2H3. The molecule has 1 saturated heterocycles. The number of piperidine rings is 1. The van der Waals surface area contributed by atoms with E-state index >= 15 is 0 Å². The van der Waals surface area contributed by atoms with Crippen LogP contribution in [-0.4, -0.2) is 44.5 Å². The number of nitrogens with zero attached hydrogens (tertiary/aromatic N) is 1. The Morgan fingerprint density at radius 1 is 0.923 bits per heavy atom. The lowest BCUT2D eigenvalue weighted by molar-refractivity contribution is -0.100. The molecule has 1 fully saturated rings. The predicted molar refractivity (Wildman–Crippen MR) is 106 cm³/mol. The zero-order chi connectivity index (χ0) is 18.2. The van der Waals surface area contributed by atoms with Crippen molar-refractivity contribution in [3.05, 3.63) is 65.7 Å². The van der Waals surface area contributed by atoms with Gasteiger partial charge in [0.1, 0.15) is 0 Å². The van der Waals surface area contributed by atoms with Crippen molar-refractivity contribution < 1.29 is 9.47 Å². The van der Waals surface area contributed by atoms with E-state index in [0.717, 1.165) is 26.1 Å². The largest absolute Gasteiger partial charge is 0.382 e. The van der Waals surface area contributed by atoms with Crippen LogP contribution in [-0.2, 0) is 22.4 Å². The van der Waals surface area contributed by atoms with Crippen LogP contribution in [0.3, 0.4) is 0 Å². The van der Waals surface area contributed by atoms with Gasteiger partial charge in [0.15, 0.2) is 6.29 Å². The van der Waals surface area contributed by atoms with Gasteiger partial charge in [0, 0.05) is 52.0 Å². The molecule has 140 valence electrons. The van der Waals surface area contributed by atoms with Crippen LogP contribution in [0.15, 0.2) is 54.6 Å². The van der Waals surface area contributed by atoms with Crippen molar-refractivity contribution in [3.8, 4) is 0 Å². The number of nitrogens with one attached hydrogen (secondary N) is 1. The lowest BCUT2D eigenvalue weighted by Gasteiger charge is -2.33. The molecule has 4 nitrogen and oxygen atoms in total. The number of anilines is 1. The molecular weight excluding hydrogens is 324 g/mol. The smallest absolute Gasteiger partial charge is 0.160 e. The molecule has 0 spiro atoms. The van der Waals surface area contributed by atoms with Gasteiger partial charge >= 0.3 is 0 Å². The first kappa shape index (κ1) is 18.9. The minimum atomic E-state index is -0.178. The minimum Gasteiger partial charge on any atom is -0.382 e. The van der Waals surface area contributed by atoms with Crippen molar-refractivity contribution in [1.29, 1.82) is 0 Å². The van der Waals surface area contributed by atoms with Gasteiger partial charge in [-0.2, -0.15) is 0 Å². The van der Waals surface area contributed by atoms with E-state index in [1.54, 1.807) is 14.2 Å². The topological polar surface area (TPSA) is 33.7 Å². The number of ether oxygens (including phenoxy) is 2. The molecule has 0 amide bonds. The molecule has 1 heterocycles. The number of rotatable bonds is 8. The van der Waals surface area contributed by atoms with Crippen molar-refractivity contribution in [2.75, 3.05) is 32.6 Å². The molecule has 0 aromatic heterocycles. The summed E-state index contributed by atoms with van der Waals surface area (Å²) >= 11 is 0. The van der Waals surface area contributed by atoms with Crippen LogP contribution in [0.4, 0.5) is 5.69 Å². The third-order valence-electron chi connectivity index (χ3n) is 5.09. The van der Waals surface area contributed by atoms with Crippen LogP contribution in [0, 0.1) is 0 Å². The minimum absolute atomic E-state index is 0.178. The summed E-state index contributed by atoms with van der Waals surface area (Å²) in [5.74, 6) is 0. The number of likely N-dealkylation sites (tertiary alicyclic amines) is 1. The Kier molecular flexibility index (Phi) is 7.06. The number of benzene rings is 2. The predicted octanol–water partition coefficient (Wildman–Crippen LogP) is 3.92. The van der Waals surface area contributed by atoms with Gasteiger partial charge in [-0.15, -0.1) is 0 Å². The number of hydrogen-bond acceptors (Lipinski definition) is 4. The van der Waals surface area contributed by atoms with E-state index in [0.29, 0.717) is 6.04 Å². The van der Waals surface area contributed by atoms with E-state index in [-0.39, 0.29) is 6.29 Å². The lowest BCUT2D eigenvalue weighted by Crippen LogP contribution is -2.38. The normalized spacial score (nSPS) is 16.1. The van der Waals surface area contributed by atoms with Crippen LogP contribution in [0.2, 0.25) is 0 Å². The summed E-state index contributed by atoms with van der Waals surface area (Å²) in [5, 5.41) is 3.68. The average Bonchev–Trinajstić information content (AvgIpc) is 2.70. The van der Waals surface area contributed by atoms with Crippen LogP contribution < -0.4 is 5.32 Å².